The minimum absolute atomic E-state index is 0.0355. The van der Waals surface area contributed by atoms with Crippen molar-refractivity contribution in [1.29, 1.82) is 0 Å². The number of phenols is 2. The number of phenolic OH excluding ortho intramolecular Hbond substituents is 2. The maximum Gasteiger partial charge on any atom is 0.308 e. The first-order chi connectivity index (χ1) is 69.8. The molecule has 0 radical (unpaired) electrons. The van der Waals surface area contributed by atoms with Crippen molar-refractivity contribution in [3.8, 4) is 23.0 Å². The monoisotopic (exact) mass is 2050 g/mol. The highest BCUT2D eigenvalue weighted by Crippen LogP contribution is 2.36. The van der Waals surface area contributed by atoms with Crippen molar-refractivity contribution in [2.24, 2.45) is 29.6 Å². The molecule has 146 heavy (non-hydrogen) atoms. The molecule has 0 unspecified atom stereocenters. The number of aromatic nitrogens is 8. The Balaban J connectivity index is 0.000000168. The third-order valence-corrected chi connectivity index (χ3v) is 25.2. The third-order valence-electron chi connectivity index (χ3n) is 25.2. The fourth-order valence-corrected chi connectivity index (χ4v) is 17.5. The Hall–Kier alpha value is -14.1. The summed E-state index contributed by atoms with van der Waals surface area (Å²) in [6, 6.07) is 22.5. The SMILES string of the molecule is CCOC(=O)C1CCC(O)CC1.CCOC(=O)C1CCC(O)CC1.CCOC(=O)C1CCC(O)CC1.CCOC(=O)C1CCC(Oc2ccc3c(c2)c(=O)ncn3Cc2c(F)cc(F)cc2F)CC1.CCOC(=O)C1CCC(Oc2ccc3c(c2)c(=O)ncn3Cc2c(F)cc(F)cc2F)CC1.O=c1ncn(Cc2c(F)cc(F)cc2F)c2ccc(O)cc12.O=c1ncn(Cc2c(F)cc(F)cc2F)c2ccc(O)cc12. The predicted octanol–water partition coefficient (Wildman–Crippen LogP) is 17.2. The molecule has 0 spiro atoms. The summed E-state index contributed by atoms with van der Waals surface area (Å²) in [6.07, 6.45) is 18.4. The maximum atomic E-state index is 14.1. The average molecular weight is 2050 g/mol. The van der Waals surface area contributed by atoms with E-state index in [9.17, 15) is 121 Å². The number of aromatic hydroxyl groups is 2. The molecule has 41 heteroatoms. The van der Waals surface area contributed by atoms with Crippen LogP contribution in [0.1, 0.15) is 185 Å². The summed E-state index contributed by atoms with van der Waals surface area (Å²) in [5.74, 6) is -12.3. The molecule has 0 aliphatic heterocycles. The van der Waals surface area contributed by atoms with Gasteiger partial charge in [0.25, 0.3) is 22.2 Å². The van der Waals surface area contributed by atoms with E-state index in [0.717, 1.165) is 89.7 Å². The van der Waals surface area contributed by atoms with Crippen LogP contribution in [0.2, 0.25) is 0 Å². The number of nitrogens with zero attached hydrogens (tertiary/aromatic N) is 8. The Kier molecular flexibility index (Phi) is 41.3. The van der Waals surface area contributed by atoms with Crippen LogP contribution < -0.4 is 31.7 Å². The molecule has 0 amide bonds. The van der Waals surface area contributed by atoms with E-state index in [4.69, 9.17) is 33.2 Å². The number of hydrogen-bond donors (Lipinski definition) is 5. The topological polar surface area (TPSA) is 391 Å². The van der Waals surface area contributed by atoms with Gasteiger partial charge in [0.2, 0.25) is 0 Å². The number of fused-ring (bicyclic) bond motifs is 4. The lowest BCUT2D eigenvalue weighted by Crippen LogP contribution is -2.29. The maximum absolute atomic E-state index is 14.1. The van der Waals surface area contributed by atoms with Crippen LogP contribution in [0, 0.1) is 99.4 Å². The zero-order chi connectivity index (χ0) is 106. The van der Waals surface area contributed by atoms with Gasteiger partial charge in [-0.05, 0) is 236 Å². The van der Waals surface area contributed by atoms with E-state index in [2.05, 4.69) is 19.9 Å². The van der Waals surface area contributed by atoms with Crippen LogP contribution in [-0.4, -0.2) is 157 Å². The Morgan fingerprint density at radius 3 is 0.678 bits per heavy atom. The van der Waals surface area contributed by atoms with E-state index in [-0.39, 0.29) is 171 Å². The number of esters is 5. The first-order valence-corrected chi connectivity index (χ1v) is 47.9. The first kappa shape index (κ1) is 112. The largest absolute Gasteiger partial charge is 0.508 e. The lowest BCUT2D eigenvalue weighted by atomic mass is 9.87. The minimum atomic E-state index is -1.02. The van der Waals surface area contributed by atoms with Crippen molar-refractivity contribution in [3.63, 3.8) is 0 Å². The van der Waals surface area contributed by atoms with Gasteiger partial charge in [-0.15, -0.1) is 0 Å². The van der Waals surface area contributed by atoms with E-state index >= 15 is 0 Å². The molecule has 5 aliphatic carbocycles. The molecule has 8 aromatic carbocycles. The lowest BCUT2D eigenvalue weighted by Gasteiger charge is -2.27. The van der Waals surface area contributed by atoms with Crippen LogP contribution in [0.25, 0.3) is 43.6 Å². The van der Waals surface area contributed by atoms with Gasteiger partial charge in [0.1, 0.15) is 92.8 Å². The third kappa shape index (κ3) is 31.2. The second kappa shape index (κ2) is 53.7. The van der Waals surface area contributed by atoms with Crippen LogP contribution in [0.15, 0.2) is 166 Å². The fourth-order valence-electron chi connectivity index (χ4n) is 17.5. The number of aliphatic hydroxyl groups is 3. The number of carbonyl (C=O) groups is 5. The summed E-state index contributed by atoms with van der Waals surface area (Å²) in [5, 5.41) is 47.1. The van der Waals surface area contributed by atoms with Crippen LogP contribution in [0.5, 0.6) is 23.0 Å². The zero-order valence-electron chi connectivity index (χ0n) is 80.5. The van der Waals surface area contributed by atoms with Gasteiger partial charge in [0, 0.05) is 70.8 Å². The summed E-state index contributed by atoms with van der Waals surface area (Å²) >= 11 is 0. The summed E-state index contributed by atoms with van der Waals surface area (Å²) in [5.41, 5.74) is -1.97. The molecule has 5 aliphatic rings. The Labute approximate surface area is 828 Å². The molecule has 5 saturated carbocycles. The molecule has 0 bridgehead atoms. The predicted molar refractivity (Wildman–Crippen MR) is 509 cm³/mol. The quantitative estimate of drug-likeness (QED) is 0.0239. The molecule has 782 valence electrons. The number of halogens is 12. The molecule has 29 nitrogen and oxygen atoms in total. The number of carbonyl (C=O) groups excluding carboxylic acids is 5. The fraction of sp³-hybridized carbons (Fsp3) is 0.419. The van der Waals surface area contributed by atoms with Gasteiger partial charge in [-0.1, -0.05) is 0 Å². The second-order valence-electron chi connectivity index (χ2n) is 35.3. The minimum Gasteiger partial charge on any atom is -0.508 e. The van der Waals surface area contributed by atoms with E-state index in [1.165, 1.54) is 67.3 Å². The van der Waals surface area contributed by atoms with Gasteiger partial charge in [0.15, 0.2) is 0 Å². The van der Waals surface area contributed by atoms with E-state index in [1.54, 1.807) is 50.2 Å². The van der Waals surface area contributed by atoms with Gasteiger partial charge in [-0.3, -0.25) is 43.2 Å². The molecular formula is C105H112F12N8O21. The molecule has 0 saturated heterocycles. The van der Waals surface area contributed by atoms with Gasteiger partial charge in [0.05, 0.1) is 188 Å². The van der Waals surface area contributed by atoms with E-state index in [1.807, 2.05) is 20.8 Å². The summed E-state index contributed by atoms with van der Waals surface area (Å²) < 4.78 is 206. The Morgan fingerprint density at radius 2 is 0.473 bits per heavy atom. The lowest BCUT2D eigenvalue weighted by molar-refractivity contribution is -0.150. The molecule has 0 atom stereocenters. The van der Waals surface area contributed by atoms with Crippen molar-refractivity contribution >= 4 is 73.5 Å². The van der Waals surface area contributed by atoms with Crippen LogP contribution in [0.3, 0.4) is 0 Å². The number of benzene rings is 8. The highest BCUT2D eigenvalue weighted by atomic mass is 19.2. The van der Waals surface area contributed by atoms with E-state index in [0.29, 0.717) is 166 Å². The number of ether oxygens (including phenoxy) is 7. The standard InChI is InChI=1S/2C24H23F3N2O4.2C15H9F3N2O2.3C9H16O3/c2*1-2-32-24(31)14-3-5-16(6-4-14)33-17-7-8-22-18(11-17)23(30)28-13-29(22)12-19-20(26)9-15(25)10-21(19)27;2*16-8-3-12(17)11(13(18)4-8)6-20-7-19-15(22)10-5-9(21)1-2-14(10)20;3*1-2-12-9(11)7-3-5-8(10)6-4-7/h2*7-11,13-14,16H,2-6,12H2,1H3;2*1-5,7,21H,6H2;3*7-8,10H,2-6H2,1H3. The van der Waals surface area contributed by atoms with Crippen LogP contribution in [0.4, 0.5) is 52.7 Å². The normalized spacial score (nSPS) is 19.0. The molecule has 4 aromatic heterocycles. The highest BCUT2D eigenvalue weighted by molar-refractivity contribution is 5.83. The first-order valence-electron chi connectivity index (χ1n) is 47.9. The number of rotatable bonds is 22. The van der Waals surface area contributed by atoms with E-state index < -0.39 is 92.0 Å². The van der Waals surface area contributed by atoms with Crippen LogP contribution in [-0.2, 0) is 73.8 Å². The van der Waals surface area contributed by atoms with Crippen molar-refractivity contribution in [3.05, 3.63) is 280 Å². The van der Waals surface area contributed by atoms with Crippen molar-refractivity contribution in [2.75, 3.05) is 33.0 Å². The molecule has 17 rings (SSSR count). The molecular weight excluding hydrogens is 1940 g/mol. The average Bonchev–Trinajstić information content (AvgIpc) is 0.763. The molecule has 12 aromatic rings. The van der Waals surface area contributed by atoms with Crippen LogP contribution >= 0.6 is 0 Å². The number of hydrogen-bond acceptors (Lipinski definition) is 25. The summed E-state index contributed by atoms with van der Waals surface area (Å²) in [4.78, 5) is 120. The summed E-state index contributed by atoms with van der Waals surface area (Å²) in [7, 11) is 0. The smallest absolute Gasteiger partial charge is 0.308 e. The molecule has 5 fully saturated rings. The molecule has 4 heterocycles. The van der Waals surface area contributed by atoms with Gasteiger partial charge >= 0.3 is 29.8 Å². The summed E-state index contributed by atoms with van der Waals surface area (Å²) in [6.45, 7) is 10.0. The zero-order valence-corrected chi connectivity index (χ0v) is 80.5. The Bertz CT molecular complexity index is 6290. The highest BCUT2D eigenvalue weighted by Gasteiger charge is 2.33. The number of aliphatic hydroxyl groups excluding tert-OH is 3. The molecule has 5 N–H and O–H groups in total. The van der Waals surface area contributed by atoms with Gasteiger partial charge in [-0.25, -0.2) is 52.7 Å². The van der Waals surface area contributed by atoms with Gasteiger partial charge in [-0.2, -0.15) is 19.9 Å². The van der Waals surface area contributed by atoms with Crippen molar-refractivity contribution < 1.29 is 135 Å². The van der Waals surface area contributed by atoms with Gasteiger partial charge < -0.3 is 77.0 Å². The Morgan fingerprint density at radius 1 is 0.281 bits per heavy atom. The van der Waals surface area contributed by atoms with Crippen molar-refractivity contribution in [2.45, 2.75) is 220 Å². The second-order valence-corrected chi connectivity index (χ2v) is 35.3. The van der Waals surface area contributed by atoms with Crippen molar-refractivity contribution in [1.82, 2.24) is 38.2 Å².